The molecule has 2 aromatic carbocycles. The van der Waals surface area contributed by atoms with Gasteiger partial charge in [-0.25, -0.2) is 4.79 Å². The summed E-state index contributed by atoms with van der Waals surface area (Å²) in [6.45, 7) is 6.55. The summed E-state index contributed by atoms with van der Waals surface area (Å²) in [4.78, 5) is 12.8. The van der Waals surface area contributed by atoms with E-state index < -0.39 is 0 Å². The molecular formula is C23H22O3. The second-order valence-corrected chi connectivity index (χ2v) is 7.47. The summed E-state index contributed by atoms with van der Waals surface area (Å²) in [5, 5.41) is 0. The first-order valence-corrected chi connectivity index (χ1v) is 9.35. The van der Waals surface area contributed by atoms with Gasteiger partial charge in [0.05, 0.1) is 18.8 Å². The molecule has 5 rings (SSSR count). The van der Waals surface area contributed by atoms with E-state index in [0.29, 0.717) is 6.61 Å². The number of carbonyl (C=O) groups excluding carboxylic acids is 1. The smallest absolute Gasteiger partial charge is 0.334 e. The Balaban J connectivity index is 1.67. The molecule has 3 aliphatic rings. The van der Waals surface area contributed by atoms with Crippen LogP contribution in [-0.4, -0.2) is 12.6 Å². The van der Waals surface area contributed by atoms with Crippen molar-refractivity contribution in [3.63, 3.8) is 0 Å². The quantitative estimate of drug-likeness (QED) is 0.756. The highest BCUT2D eigenvalue weighted by Crippen LogP contribution is 2.69. The molecule has 0 amide bonds. The van der Waals surface area contributed by atoms with E-state index in [0.717, 1.165) is 16.7 Å². The van der Waals surface area contributed by atoms with E-state index in [4.69, 9.17) is 9.47 Å². The van der Waals surface area contributed by atoms with E-state index in [1.54, 1.807) is 0 Å². The number of ether oxygens (including phenoxy) is 2. The van der Waals surface area contributed by atoms with Gasteiger partial charge in [-0.3, -0.25) is 0 Å². The highest BCUT2D eigenvalue weighted by atomic mass is 16.5. The predicted octanol–water partition coefficient (Wildman–Crippen LogP) is 4.69. The molecule has 2 aromatic rings. The molecule has 0 unspecified atom stereocenters. The maximum Gasteiger partial charge on any atom is 0.334 e. The maximum atomic E-state index is 12.8. The Labute approximate surface area is 153 Å². The number of hydrogen-bond donors (Lipinski definition) is 0. The number of carbonyl (C=O) groups is 1. The van der Waals surface area contributed by atoms with Gasteiger partial charge >= 0.3 is 5.97 Å². The molecule has 0 radical (unpaired) electrons. The summed E-state index contributed by atoms with van der Waals surface area (Å²) in [5.74, 6) is 0.174. The summed E-state index contributed by atoms with van der Waals surface area (Å²) >= 11 is 0. The Hall–Kier alpha value is -2.39. The Kier molecular flexibility index (Phi) is 3.38. The first-order chi connectivity index (χ1) is 12.6. The van der Waals surface area contributed by atoms with Crippen LogP contribution in [0.3, 0.4) is 0 Å². The van der Waals surface area contributed by atoms with E-state index in [9.17, 15) is 4.79 Å². The number of esters is 1. The average Bonchev–Trinajstić information content (AvgIpc) is 3.13. The fourth-order valence-electron chi connectivity index (χ4n) is 5.15. The van der Waals surface area contributed by atoms with Gasteiger partial charge < -0.3 is 9.47 Å². The molecule has 0 spiro atoms. The molecule has 1 aliphatic carbocycles. The molecule has 26 heavy (non-hydrogen) atoms. The van der Waals surface area contributed by atoms with Crippen molar-refractivity contribution in [2.24, 2.45) is 11.8 Å². The van der Waals surface area contributed by atoms with Gasteiger partial charge in [0.15, 0.2) is 0 Å². The van der Waals surface area contributed by atoms with Crippen LogP contribution in [0.2, 0.25) is 0 Å². The third kappa shape index (κ3) is 1.89. The SMILES string of the molecule is CCOC(=O)C1=C(c2ccccc2)[C@@H]2[C@H]1[C@@H]1O[C@H]2c2c(C)ccc(C)c21. The molecule has 132 valence electrons. The Bertz CT molecular complexity index is 941. The molecule has 0 N–H and O–H groups in total. The summed E-state index contributed by atoms with van der Waals surface area (Å²) in [5.41, 5.74) is 8.23. The van der Waals surface area contributed by atoms with Crippen molar-refractivity contribution in [1.82, 2.24) is 0 Å². The van der Waals surface area contributed by atoms with Crippen LogP contribution in [0.1, 0.15) is 46.9 Å². The molecule has 0 saturated carbocycles. The summed E-state index contributed by atoms with van der Waals surface area (Å²) in [6.07, 6.45) is 0.0278. The monoisotopic (exact) mass is 346 g/mol. The van der Waals surface area contributed by atoms with Crippen molar-refractivity contribution < 1.29 is 14.3 Å². The second-order valence-electron chi connectivity index (χ2n) is 7.47. The first-order valence-electron chi connectivity index (χ1n) is 9.35. The van der Waals surface area contributed by atoms with E-state index in [2.05, 4.69) is 38.1 Å². The van der Waals surface area contributed by atoms with Crippen LogP contribution in [0.15, 0.2) is 48.0 Å². The lowest BCUT2D eigenvalue weighted by atomic mass is 9.57. The van der Waals surface area contributed by atoms with E-state index >= 15 is 0 Å². The van der Waals surface area contributed by atoms with Crippen LogP contribution < -0.4 is 0 Å². The van der Waals surface area contributed by atoms with Crippen molar-refractivity contribution in [2.45, 2.75) is 33.0 Å². The number of aryl methyl sites for hydroxylation is 2. The fraction of sp³-hybridized carbons (Fsp3) is 0.348. The topological polar surface area (TPSA) is 35.5 Å². The maximum absolute atomic E-state index is 12.8. The van der Waals surface area contributed by atoms with Crippen LogP contribution in [-0.2, 0) is 14.3 Å². The minimum absolute atomic E-state index is 0.0215. The van der Waals surface area contributed by atoms with Gasteiger partial charge in [0.2, 0.25) is 0 Å². The van der Waals surface area contributed by atoms with Crippen LogP contribution in [0.4, 0.5) is 0 Å². The number of fused-ring (bicyclic) bond motifs is 8. The Morgan fingerprint density at radius 1 is 0.962 bits per heavy atom. The third-order valence-electron chi connectivity index (χ3n) is 6.16. The zero-order valence-electron chi connectivity index (χ0n) is 15.3. The highest BCUT2D eigenvalue weighted by Gasteiger charge is 2.63. The molecule has 2 bridgehead atoms. The number of rotatable bonds is 3. The highest BCUT2D eigenvalue weighted by molar-refractivity contribution is 6.04. The fourth-order valence-corrected chi connectivity index (χ4v) is 5.15. The summed E-state index contributed by atoms with van der Waals surface area (Å²) < 4.78 is 11.9. The summed E-state index contributed by atoms with van der Waals surface area (Å²) in [6, 6.07) is 14.6. The number of hydrogen-bond acceptors (Lipinski definition) is 3. The largest absolute Gasteiger partial charge is 0.463 e. The van der Waals surface area contributed by atoms with Crippen molar-refractivity contribution >= 4 is 11.5 Å². The lowest BCUT2D eigenvalue weighted by Gasteiger charge is -2.42. The van der Waals surface area contributed by atoms with Crippen molar-refractivity contribution in [3.8, 4) is 0 Å². The van der Waals surface area contributed by atoms with Crippen LogP contribution in [0.25, 0.3) is 5.57 Å². The normalized spacial score (nSPS) is 27.8. The Morgan fingerprint density at radius 2 is 1.58 bits per heavy atom. The van der Waals surface area contributed by atoms with Gasteiger partial charge in [-0.2, -0.15) is 0 Å². The standard InChI is InChI=1S/C23H22O3/c1-4-25-23(24)20-17(14-8-6-5-7-9-14)18-19(20)22-16-13(3)11-10-12(2)15(16)21(18)26-22/h5-11,18-19,21-22H,4H2,1-3H3/t18-,19-,21+,22-/m1/s1. The van der Waals surface area contributed by atoms with E-state index in [1.165, 1.54) is 22.3 Å². The molecule has 0 aromatic heterocycles. The molecule has 1 saturated heterocycles. The van der Waals surface area contributed by atoms with Gasteiger partial charge in [0.1, 0.15) is 0 Å². The van der Waals surface area contributed by atoms with Crippen LogP contribution >= 0.6 is 0 Å². The van der Waals surface area contributed by atoms with Crippen LogP contribution in [0, 0.1) is 25.7 Å². The minimum atomic E-state index is -0.185. The van der Waals surface area contributed by atoms with E-state index in [-0.39, 0.29) is 30.0 Å². The zero-order valence-corrected chi connectivity index (χ0v) is 15.3. The van der Waals surface area contributed by atoms with Crippen molar-refractivity contribution in [1.29, 1.82) is 0 Å². The van der Waals surface area contributed by atoms with Gasteiger partial charge in [0.25, 0.3) is 0 Å². The van der Waals surface area contributed by atoms with Gasteiger partial charge in [-0.05, 0) is 54.2 Å². The van der Waals surface area contributed by atoms with Gasteiger partial charge in [-0.1, -0.05) is 42.5 Å². The van der Waals surface area contributed by atoms with Crippen molar-refractivity contribution in [2.75, 3.05) is 6.61 Å². The average molecular weight is 346 g/mol. The van der Waals surface area contributed by atoms with E-state index in [1.807, 2.05) is 25.1 Å². The summed E-state index contributed by atoms with van der Waals surface area (Å²) in [7, 11) is 0. The first kappa shape index (κ1) is 15.8. The molecule has 2 heterocycles. The minimum Gasteiger partial charge on any atom is -0.463 e. The lowest BCUT2D eigenvalue weighted by Crippen LogP contribution is -2.38. The zero-order chi connectivity index (χ0) is 18.0. The van der Waals surface area contributed by atoms with Gasteiger partial charge in [-0.15, -0.1) is 0 Å². The predicted molar refractivity (Wildman–Crippen MR) is 99.5 cm³/mol. The van der Waals surface area contributed by atoms with Crippen LogP contribution in [0.5, 0.6) is 0 Å². The Morgan fingerprint density at radius 3 is 2.19 bits per heavy atom. The molecule has 2 aliphatic heterocycles. The second kappa shape index (κ2) is 5.55. The molecule has 3 nitrogen and oxygen atoms in total. The number of benzene rings is 2. The third-order valence-corrected chi connectivity index (χ3v) is 6.16. The molecular weight excluding hydrogens is 324 g/mol. The lowest BCUT2D eigenvalue weighted by molar-refractivity contribution is -0.139. The molecule has 1 fully saturated rings. The molecule has 4 atom stereocenters. The molecule has 3 heteroatoms. The van der Waals surface area contributed by atoms with Gasteiger partial charge in [0, 0.05) is 17.4 Å². The van der Waals surface area contributed by atoms with Crippen molar-refractivity contribution in [3.05, 3.63) is 75.9 Å².